The maximum absolute atomic E-state index is 12.7. The van der Waals surface area contributed by atoms with Gasteiger partial charge in [0.05, 0.1) is 11.3 Å². The monoisotopic (exact) mass is 294 g/mol. The minimum Gasteiger partial charge on any atom is -0.378 e. The topological polar surface area (TPSA) is 58.0 Å². The molecule has 3 rings (SSSR count). The Morgan fingerprint density at radius 1 is 1.10 bits per heavy atom. The summed E-state index contributed by atoms with van der Waals surface area (Å²) in [5.41, 5.74) is -0.266. The molecule has 21 heavy (non-hydrogen) atoms. The molecule has 0 aliphatic carbocycles. The Balaban J connectivity index is 2.03. The minimum atomic E-state index is -4.42. The van der Waals surface area contributed by atoms with Gasteiger partial charge in [0, 0.05) is 5.69 Å². The lowest BCUT2D eigenvalue weighted by molar-refractivity contribution is -0.137. The Kier molecular flexibility index (Phi) is 2.97. The Hall–Kier alpha value is -2.70. The third kappa shape index (κ3) is 2.49. The molecule has 0 aliphatic heterocycles. The van der Waals surface area contributed by atoms with E-state index in [-0.39, 0.29) is 11.1 Å². The molecule has 108 valence electrons. The van der Waals surface area contributed by atoms with Crippen molar-refractivity contribution in [3.63, 3.8) is 0 Å². The first-order valence-corrected chi connectivity index (χ1v) is 5.99. The van der Waals surface area contributed by atoms with Gasteiger partial charge in [0.15, 0.2) is 5.58 Å². The first-order chi connectivity index (χ1) is 9.95. The standard InChI is InChI=1S/C14H9F3N2O2/c15-14(16,17)8-3-1-4-9(7-8)18-10-5-2-6-11-12(10)13(20)19-21-11/h1-7,18H,(H,19,20). The Morgan fingerprint density at radius 2 is 1.86 bits per heavy atom. The molecule has 0 fully saturated rings. The zero-order valence-corrected chi connectivity index (χ0v) is 10.5. The van der Waals surface area contributed by atoms with Crippen LogP contribution in [0.5, 0.6) is 0 Å². The molecule has 0 saturated carbocycles. The molecule has 0 aliphatic rings. The van der Waals surface area contributed by atoms with E-state index in [1.54, 1.807) is 18.2 Å². The van der Waals surface area contributed by atoms with Crippen LogP contribution in [-0.4, -0.2) is 5.16 Å². The van der Waals surface area contributed by atoms with Crippen molar-refractivity contribution < 1.29 is 17.7 Å². The molecule has 3 aromatic rings. The molecule has 1 heterocycles. The summed E-state index contributed by atoms with van der Waals surface area (Å²) in [6.45, 7) is 0. The molecule has 0 bridgehead atoms. The van der Waals surface area contributed by atoms with Crippen molar-refractivity contribution in [1.82, 2.24) is 5.16 Å². The molecule has 7 heteroatoms. The van der Waals surface area contributed by atoms with E-state index >= 15 is 0 Å². The van der Waals surface area contributed by atoms with Gasteiger partial charge in [0.2, 0.25) is 0 Å². The summed E-state index contributed by atoms with van der Waals surface area (Å²) in [7, 11) is 0. The molecule has 2 N–H and O–H groups in total. The first-order valence-electron chi connectivity index (χ1n) is 5.99. The molecular weight excluding hydrogens is 285 g/mol. The number of rotatable bonds is 2. The van der Waals surface area contributed by atoms with Gasteiger partial charge in [0.1, 0.15) is 5.39 Å². The summed E-state index contributed by atoms with van der Waals surface area (Å²) in [6, 6.07) is 9.56. The van der Waals surface area contributed by atoms with E-state index in [4.69, 9.17) is 4.52 Å². The number of hydrogen-bond acceptors (Lipinski definition) is 3. The SMILES string of the molecule is O=c1[nH]oc2cccc(Nc3cccc(C(F)(F)F)c3)c12. The van der Waals surface area contributed by atoms with Crippen LogP contribution in [0.1, 0.15) is 5.56 Å². The average Bonchev–Trinajstić information content (AvgIpc) is 2.81. The van der Waals surface area contributed by atoms with Crippen molar-refractivity contribution in [2.24, 2.45) is 0 Å². The highest BCUT2D eigenvalue weighted by atomic mass is 19.4. The van der Waals surface area contributed by atoms with Gasteiger partial charge in [0.25, 0.3) is 5.56 Å². The van der Waals surface area contributed by atoms with Gasteiger partial charge in [-0.3, -0.25) is 4.79 Å². The molecule has 0 radical (unpaired) electrons. The fourth-order valence-corrected chi connectivity index (χ4v) is 2.04. The lowest BCUT2D eigenvalue weighted by Gasteiger charge is -2.10. The Labute approximate surface area is 116 Å². The summed E-state index contributed by atoms with van der Waals surface area (Å²) in [6.07, 6.45) is -4.42. The number of alkyl halides is 3. The van der Waals surface area contributed by atoms with Gasteiger partial charge >= 0.3 is 6.18 Å². The molecule has 2 aromatic carbocycles. The summed E-state index contributed by atoms with van der Waals surface area (Å²) < 4.78 is 43.0. The second-order valence-corrected chi connectivity index (χ2v) is 4.42. The zero-order chi connectivity index (χ0) is 15.0. The van der Waals surface area contributed by atoms with Crippen LogP contribution < -0.4 is 10.9 Å². The van der Waals surface area contributed by atoms with Crippen molar-refractivity contribution in [2.75, 3.05) is 5.32 Å². The van der Waals surface area contributed by atoms with Gasteiger partial charge in [-0.25, -0.2) is 0 Å². The maximum Gasteiger partial charge on any atom is 0.416 e. The summed E-state index contributed by atoms with van der Waals surface area (Å²) in [5.74, 6) is 0. The molecular formula is C14H9F3N2O2. The maximum atomic E-state index is 12.7. The third-order valence-electron chi connectivity index (χ3n) is 2.98. The smallest absolute Gasteiger partial charge is 0.378 e. The van der Waals surface area contributed by atoms with E-state index in [0.717, 1.165) is 12.1 Å². The predicted molar refractivity (Wildman–Crippen MR) is 71.6 cm³/mol. The number of halogens is 3. The van der Waals surface area contributed by atoms with Crippen LogP contribution in [0.3, 0.4) is 0 Å². The van der Waals surface area contributed by atoms with Crippen molar-refractivity contribution in [2.45, 2.75) is 6.18 Å². The summed E-state index contributed by atoms with van der Waals surface area (Å²) in [5, 5.41) is 5.25. The van der Waals surface area contributed by atoms with Crippen LogP contribution in [0.4, 0.5) is 24.5 Å². The zero-order valence-electron chi connectivity index (χ0n) is 10.5. The molecule has 0 atom stereocenters. The van der Waals surface area contributed by atoms with E-state index in [1.807, 2.05) is 0 Å². The highest BCUT2D eigenvalue weighted by Crippen LogP contribution is 2.32. The molecule has 4 nitrogen and oxygen atoms in total. The Morgan fingerprint density at radius 3 is 2.62 bits per heavy atom. The van der Waals surface area contributed by atoms with Gasteiger partial charge in [-0.1, -0.05) is 12.1 Å². The van der Waals surface area contributed by atoms with Crippen LogP contribution in [0.15, 0.2) is 51.8 Å². The van der Waals surface area contributed by atoms with Gasteiger partial charge in [-0.05, 0) is 30.3 Å². The summed E-state index contributed by atoms with van der Waals surface area (Å²) in [4.78, 5) is 11.6. The van der Waals surface area contributed by atoms with E-state index < -0.39 is 17.3 Å². The van der Waals surface area contributed by atoms with Crippen LogP contribution in [-0.2, 0) is 6.18 Å². The third-order valence-corrected chi connectivity index (χ3v) is 2.98. The molecule has 1 aromatic heterocycles. The Bertz CT molecular complexity index is 849. The number of hydrogen-bond donors (Lipinski definition) is 2. The highest BCUT2D eigenvalue weighted by Gasteiger charge is 2.30. The lowest BCUT2D eigenvalue weighted by atomic mass is 10.1. The van der Waals surface area contributed by atoms with E-state index in [1.165, 1.54) is 12.1 Å². The van der Waals surface area contributed by atoms with Crippen LogP contribution in [0, 0.1) is 0 Å². The number of fused-ring (bicyclic) bond motifs is 1. The molecule has 0 spiro atoms. The highest BCUT2D eigenvalue weighted by molar-refractivity contribution is 5.91. The van der Waals surface area contributed by atoms with E-state index in [0.29, 0.717) is 11.3 Å². The van der Waals surface area contributed by atoms with Gasteiger partial charge < -0.3 is 9.84 Å². The lowest BCUT2D eigenvalue weighted by Crippen LogP contribution is -2.05. The summed E-state index contributed by atoms with van der Waals surface area (Å²) >= 11 is 0. The van der Waals surface area contributed by atoms with Crippen molar-refractivity contribution in [3.8, 4) is 0 Å². The second kappa shape index (κ2) is 4.69. The number of H-pyrrole nitrogens is 1. The number of benzene rings is 2. The van der Waals surface area contributed by atoms with Crippen LogP contribution in [0.2, 0.25) is 0 Å². The largest absolute Gasteiger partial charge is 0.416 e. The first kappa shape index (κ1) is 13.3. The minimum absolute atomic E-state index is 0.234. The second-order valence-electron chi connectivity index (χ2n) is 4.42. The fraction of sp³-hybridized carbons (Fsp3) is 0.0714. The fourth-order valence-electron chi connectivity index (χ4n) is 2.04. The van der Waals surface area contributed by atoms with E-state index in [2.05, 4.69) is 10.5 Å². The number of aromatic nitrogens is 1. The van der Waals surface area contributed by atoms with Gasteiger partial charge in [-0.15, -0.1) is 0 Å². The number of aromatic amines is 1. The van der Waals surface area contributed by atoms with Crippen molar-refractivity contribution >= 4 is 22.3 Å². The quantitative estimate of drug-likeness (QED) is 0.754. The molecule has 0 unspecified atom stereocenters. The number of anilines is 2. The van der Waals surface area contributed by atoms with Gasteiger partial charge in [-0.2, -0.15) is 18.3 Å². The van der Waals surface area contributed by atoms with Crippen molar-refractivity contribution in [1.29, 1.82) is 0 Å². The molecule has 0 saturated heterocycles. The van der Waals surface area contributed by atoms with Crippen LogP contribution in [0.25, 0.3) is 11.0 Å². The predicted octanol–water partition coefficient (Wildman–Crippen LogP) is 3.88. The average molecular weight is 294 g/mol. The van der Waals surface area contributed by atoms with Crippen molar-refractivity contribution in [3.05, 3.63) is 58.4 Å². The molecule has 0 amide bonds. The van der Waals surface area contributed by atoms with Crippen LogP contribution >= 0.6 is 0 Å². The normalized spacial score (nSPS) is 11.8. The number of nitrogens with one attached hydrogen (secondary N) is 2. The van der Waals surface area contributed by atoms with E-state index in [9.17, 15) is 18.0 Å².